The van der Waals surface area contributed by atoms with Crippen molar-refractivity contribution in [3.05, 3.63) is 0 Å². The summed E-state index contributed by atoms with van der Waals surface area (Å²) in [7, 11) is 0. The molecule has 3 fully saturated rings. The number of carbonyl (C=O) groups is 1. The molecule has 0 radical (unpaired) electrons. The molecule has 4 aliphatic rings. The third kappa shape index (κ3) is 1.33. The lowest BCUT2D eigenvalue weighted by Crippen LogP contribution is -2.13. The van der Waals surface area contributed by atoms with E-state index in [4.69, 9.17) is 0 Å². The van der Waals surface area contributed by atoms with Crippen molar-refractivity contribution in [2.24, 2.45) is 22.7 Å². The van der Waals surface area contributed by atoms with E-state index in [1.807, 2.05) is 0 Å². The highest BCUT2D eigenvalue weighted by atomic mass is 32.2. The van der Waals surface area contributed by atoms with E-state index in [2.05, 4.69) is 4.99 Å². The van der Waals surface area contributed by atoms with Crippen LogP contribution in [0.3, 0.4) is 0 Å². The average Bonchev–Trinajstić information content (AvgIpc) is 2.64. The SMILES string of the molecule is O=C1N=C(C[C@H]2C[C@@H]3CC[C@H]2C3)SC12CC2. The smallest absolute Gasteiger partial charge is 0.263 e. The molecule has 2 nitrogen and oxygen atoms in total. The predicted octanol–water partition coefficient (Wildman–Crippen LogP) is 3.02. The van der Waals surface area contributed by atoms with Crippen LogP contribution in [0.25, 0.3) is 0 Å². The zero-order valence-corrected chi connectivity index (χ0v) is 10.3. The number of nitrogens with zero attached hydrogens (tertiary/aromatic N) is 1. The Morgan fingerprint density at radius 3 is 2.75 bits per heavy atom. The fourth-order valence-electron chi connectivity index (χ4n) is 3.87. The summed E-state index contributed by atoms with van der Waals surface area (Å²) >= 11 is 1.80. The molecular formula is C13H17NOS. The van der Waals surface area contributed by atoms with E-state index in [9.17, 15) is 4.79 Å². The van der Waals surface area contributed by atoms with Gasteiger partial charge in [-0.15, -0.1) is 0 Å². The van der Waals surface area contributed by atoms with Gasteiger partial charge in [0, 0.05) is 0 Å². The molecule has 2 bridgehead atoms. The number of rotatable bonds is 2. The highest BCUT2D eigenvalue weighted by molar-refractivity contribution is 8.16. The summed E-state index contributed by atoms with van der Waals surface area (Å²) in [5, 5.41) is 1.17. The number of fused-ring (bicyclic) bond motifs is 2. The van der Waals surface area contributed by atoms with Crippen LogP contribution in [0.2, 0.25) is 0 Å². The fraction of sp³-hybridized carbons (Fsp3) is 0.846. The summed E-state index contributed by atoms with van der Waals surface area (Å²) in [6, 6.07) is 0. The van der Waals surface area contributed by atoms with E-state index in [-0.39, 0.29) is 10.7 Å². The molecule has 3 aliphatic carbocycles. The molecule has 3 saturated carbocycles. The van der Waals surface area contributed by atoms with E-state index >= 15 is 0 Å². The van der Waals surface area contributed by atoms with Gasteiger partial charge in [0.1, 0.15) is 4.75 Å². The van der Waals surface area contributed by atoms with Crippen molar-refractivity contribution in [2.45, 2.75) is 49.7 Å². The Bertz CT molecular complexity index is 385. The Kier molecular flexibility index (Phi) is 1.89. The molecule has 0 aromatic carbocycles. The molecule has 1 aliphatic heterocycles. The van der Waals surface area contributed by atoms with Crippen LogP contribution < -0.4 is 0 Å². The van der Waals surface area contributed by atoms with Gasteiger partial charge in [-0.25, -0.2) is 4.99 Å². The van der Waals surface area contributed by atoms with E-state index in [1.54, 1.807) is 11.8 Å². The number of amides is 1. The first-order valence-electron chi connectivity index (χ1n) is 6.56. The predicted molar refractivity (Wildman–Crippen MR) is 65.6 cm³/mol. The Balaban J connectivity index is 1.45. The van der Waals surface area contributed by atoms with E-state index in [0.29, 0.717) is 0 Å². The molecule has 0 unspecified atom stereocenters. The number of hydrogen-bond acceptors (Lipinski definition) is 2. The van der Waals surface area contributed by atoms with Crippen molar-refractivity contribution in [2.75, 3.05) is 0 Å². The summed E-state index contributed by atoms with van der Waals surface area (Å²) in [6.07, 6.45) is 9.02. The van der Waals surface area contributed by atoms with Gasteiger partial charge in [-0.05, 0) is 56.3 Å². The summed E-state index contributed by atoms with van der Waals surface area (Å²) in [5.74, 6) is 2.99. The Morgan fingerprint density at radius 1 is 1.31 bits per heavy atom. The van der Waals surface area contributed by atoms with Crippen molar-refractivity contribution in [1.29, 1.82) is 0 Å². The fourth-order valence-corrected chi connectivity index (χ4v) is 5.19. The minimum Gasteiger partial charge on any atom is -0.271 e. The van der Waals surface area contributed by atoms with Crippen LogP contribution in [0.15, 0.2) is 4.99 Å². The molecule has 3 heteroatoms. The molecule has 0 N–H and O–H groups in total. The zero-order chi connectivity index (χ0) is 10.8. The molecular weight excluding hydrogens is 218 g/mol. The molecule has 1 amide bonds. The van der Waals surface area contributed by atoms with Crippen LogP contribution >= 0.6 is 11.8 Å². The van der Waals surface area contributed by atoms with Crippen LogP contribution in [0.5, 0.6) is 0 Å². The third-order valence-corrected chi connectivity index (χ3v) is 6.42. The van der Waals surface area contributed by atoms with Crippen LogP contribution in [0, 0.1) is 17.8 Å². The van der Waals surface area contributed by atoms with Crippen molar-refractivity contribution >= 4 is 22.7 Å². The molecule has 0 aromatic rings. The van der Waals surface area contributed by atoms with Crippen LogP contribution in [-0.2, 0) is 4.79 Å². The third-order valence-electron chi connectivity index (χ3n) is 4.95. The second-order valence-electron chi connectivity index (χ2n) is 6.05. The van der Waals surface area contributed by atoms with Gasteiger partial charge in [-0.3, -0.25) is 4.79 Å². The number of carbonyl (C=O) groups excluding carboxylic acids is 1. The number of aliphatic imine (C=N–C) groups is 1. The molecule has 0 saturated heterocycles. The van der Waals surface area contributed by atoms with Crippen molar-refractivity contribution in [3.63, 3.8) is 0 Å². The van der Waals surface area contributed by atoms with Crippen LogP contribution in [0.4, 0.5) is 0 Å². The summed E-state index contributed by atoms with van der Waals surface area (Å²) in [5.41, 5.74) is 0. The topological polar surface area (TPSA) is 29.4 Å². The second-order valence-corrected chi connectivity index (χ2v) is 7.50. The van der Waals surface area contributed by atoms with Crippen molar-refractivity contribution < 1.29 is 4.79 Å². The summed E-state index contributed by atoms with van der Waals surface area (Å²) < 4.78 is -0.0487. The summed E-state index contributed by atoms with van der Waals surface area (Å²) in [6.45, 7) is 0. The highest BCUT2D eigenvalue weighted by Gasteiger charge is 2.55. The molecule has 1 spiro atoms. The van der Waals surface area contributed by atoms with Crippen LogP contribution in [0.1, 0.15) is 44.9 Å². The van der Waals surface area contributed by atoms with Gasteiger partial charge >= 0.3 is 0 Å². The van der Waals surface area contributed by atoms with Gasteiger partial charge in [0.05, 0.1) is 5.04 Å². The zero-order valence-electron chi connectivity index (χ0n) is 9.45. The number of thioether (sulfide) groups is 1. The number of hydrogen-bond donors (Lipinski definition) is 0. The lowest BCUT2D eigenvalue weighted by atomic mass is 9.87. The van der Waals surface area contributed by atoms with E-state index in [1.165, 1.54) is 30.7 Å². The van der Waals surface area contributed by atoms with E-state index < -0.39 is 0 Å². The standard InChI is InChI=1S/C13H17NOS/c15-12-13(3-4-13)16-11(14-12)7-10-6-8-1-2-9(10)5-8/h8-10H,1-7H2/t8-,9+,10-/m1/s1. The van der Waals surface area contributed by atoms with Gasteiger partial charge in [-0.2, -0.15) is 0 Å². The van der Waals surface area contributed by atoms with Crippen molar-refractivity contribution in [1.82, 2.24) is 0 Å². The van der Waals surface area contributed by atoms with Gasteiger partial charge in [0.2, 0.25) is 0 Å². The normalized spacial score (nSPS) is 43.1. The Morgan fingerprint density at radius 2 is 2.19 bits per heavy atom. The van der Waals surface area contributed by atoms with Gasteiger partial charge in [-0.1, -0.05) is 18.2 Å². The van der Waals surface area contributed by atoms with Crippen LogP contribution in [-0.4, -0.2) is 15.7 Å². The first kappa shape index (κ1) is 9.69. The monoisotopic (exact) mass is 235 g/mol. The van der Waals surface area contributed by atoms with Gasteiger partial charge < -0.3 is 0 Å². The molecule has 3 atom stereocenters. The molecule has 4 rings (SSSR count). The van der Waals surface area contributed by atoms with Gasteiger partial charge in [0.25, 0.3) is 5.91 Å². The molecule has 16 heavy (non-hydrogen) atoms. The largest absolute Gasteiger partial charge is 0.271 e. The maximum atomic E-state index is 11.7. The summed E-state index contributed by atoms with van der Waals surface area (Å²) in [4.78, 5) is 16.0. The van der Waals surface area contributed by atoms with Gasteiger partial charge in [0.15, 0.2) is 0 Å². The maximum Gasteiger partial charge on any atom is 0.263 e. The Hall–Kier alpha value is -0.310. The second kappa shape index (κ2) is 3.12. The highest BCUT2D eigenvalue weighted by Crippen LogP contribution is 2.56. The maximum absolute atomic E-state index is 11.7. The quantitative estimate of drug-likeness (QED) is 0.736. The van der Waals surface area contributed by atoms with Crippen molar-refractivity contribution in [3.8, 4) is 0 Å². The first-order chi connectivity index (χ1) is 7.75. The first-order valence-corrected chi connectivity index (χ1v) is 7.38. The minimum absolute atomic E-state index is 0.0487. The van der Waals surface area contributed by atoms with E-state index in [0.717, 1.165) is 37.0 Å². The lowest BCUT2D eigenvalue weighted by Gasteiger charge is -2.21. The molecule has 1 heterocycles. The average molecular weight is 235 g/mol. The lowest BCUT2D eigenvalue weighted by molar-refractivity contribution is -0.117. The Labute approximate surface area is 100 Å². The minimum atomic E-state index is -0.0487. The molecule has 86 valence electrons. The molecule has 0 aromatic heterocycles.